The highest BCUT2D eigenvalue weighted by Gasteiger charge is 2.04. The van der Waals surface area contributed by atoms with Gasteiger partial charge in [0.05, 0.1) is 5.69 Å². The number of nitrogens with zero attached hydrogens (tertiary/aromatic N) is 1. The monoisotopic (exact) mass is 305 g/mol. The maximum absolute atomic E-state index is 11.9. The first-order valence-corrected chi connectivity index (χ1v) is 8.03. The maximum Gasteiger partial charge on any atom is 0.319 e. The number of amides is 2. The number of hydrogen-bond acceptors (Lipinski definition) is 4. The number of aromatic nitrogens is 1. The van der Waals surface area contributed by atoms with Crippen LogP contribution in [0.3, 0.4) is 0 Å². The maximum atomic E-state index is 11.9. The van der Waals surface area contributed by atoms with Crippen molar-refractivity contribution in [2.24, 2.45) is 0 Å². The number of pyridine rings is 1. The molecule has 0 saturated heterocycles. The summed E-state index contributed by atoms with van der Waals surface area (Å²) in [5, 5.41) is 16.3. The number of urea groups is 1. The first-order valence-electron chi connectivity index (χ1n) is 6.87. The third-order valence-corrected chi connectivity index (χ3v) is 3.98. The molecule has 112 valence electrons. The summed E-state index contributed by atoms with van der Waals surface area (Å²) in [5.74, 6) is 1.75. The number of rotatable bonds is 7. The number of nitrogens with one attached hydrogen (secondary N) is 2. The van der Waals surface area contributed by atoms with Crippen LogP contribution in [-0.2, 0) is 0 Å². The Hall–Kier alpha value is -1.79. The smallest absolute Gasteiger partial charge is 0.319 e. The van der Waals surface area contributed by atoms with E-state index in [-0.39, 0.29) is 12.6 Å². The van der Waals surface area contributed by atoms with Crippen LogP contribution in [0.1, 0.15) is 6.42 Å². The van der Waals surface area contributed by atoms with Crippen LogP contribution in [0.15, 0.2) is 36.7 Å². The van der Waals surface area contributed by atoms with Gasteiger partial charge in [0, 0.05) is 42.1 Å². The van der Waals surface area contributed by atoms with Gasteiger partial charge in [0.15, 0.2) is 0 Å². The van der Waals surface area contributed by atoms with Crippen LogP contribution in [0.2, 0.25) is 0 Å². The van der Waals surface area contributed by atoms with Gasteiger partial charge in [-0.3, -0.25) is 4.98 Å². The summed E-state index contributed by atoms with van der Waals surface area (Å²) < 4.78 is 0. The zero-order chi connectivity index (χ0) is 14.9. The molecule has 21 heavy (non-hydrogen) atoms. The van der Waals surface area contributed by atoms with E-state index in [1.165, 1.54) is 0 Å². The lowest BCUT2D eigenvalue weighted by Crippen LogP contribution is -2.30. The van der Waals surface area contributed by atoms with Gasteiger partial charge in [-0.15, -0.1) is 0 Å². The van der Waals surface area contributed by atoms with Crippen molar-refractivity contribution in [3.05, 3.63) is 36.7 Å². The first-order chi connectivity index (χ1) is 10.3. The van der Waals surface area contributed by atoms with Gasteiger partial charge in [-0.25, -0.2) is 4.79 Å². The van der Waals surface area contributed by atoms with Crippen molar-refractivity contribution < 1.29 is 9.90 Å². The number of aliphatic hydroxyl groups excluding tert-OH is 1. The van der Waals surface area contributed by atoms with E-state index in [4.69, 9.17) is 5.11 Å². The fourth-order valence-corrected chi connectivity index (χ4v) is 2.69. The minimum atomic E-state index is -0.206. The Morgan fingerprint density at radius 1 is 1.29 bits per heavy atom. The highest BCUT2D eigenvalue weighted by atomic mass is 32.2. The number of fused-ring (bicyclic) bond motifs is 1. The molecule has 3 N–H and O–H groups in total. The number of thioether (sulfide) groups is 1. The van der Waals surface area contributed by atoms with Gasteiger partial charge in [-0.1, -0.05) is 12.1 Å². The lowest BCUT2D eigenvalue weighted by atomic mass is 10.1. The Kier molecular flexibility index (Phi) is 6.30. The van der Waals surface area contributed by atoms with Gasteiger partial charge in [-0.2, -0.15) is 11.8 Å². The molecular formula is C15H19N3O2S. The molecule has 5 nitrogen and oxygen atoms in total. The average molecular weight is 305 g/mol. The van der Waals surface area contributed by atoms with Crippen molar-refractivity contribution in [2.45, 2.75) is 6.42 Å². The van der Waals surface area contributed by atoms with Crippen LogP contribution < -0.4 is 10.6 Å². The quantitative estimate of drug-likeness (QED) is 0.687. The summed E-state index contributed by atoms with van der Waals surface area (Å²) in [6, 6.07) is 7.41. The van der Waals surface area contributed by atoms with Gasteiger partial charge >= 0.3 is 6.03 Å². The summed E-state index contributed by atoms with van der Waals surface area (Å²) in [5.41, 5.74) is 0.778. The highest BCUT2D eigenvalue weighted by molar-refractivity contribution is 7.99. The third kappa shape index (κ3) is 4.91. The molecule has 0 aliphatic rings. The molecule has 0 aliphatic heterocycles. The van der Waals surface area contributed by atoms with E-state index < -0.39 is 0 Å². The normalized spacial score (nSPS) is 10.5. The number of benzene rings is 1. The van der Waals surface area contributed by atoms with E-state index in [0.29, 0.717) is 6.54 Å². The SMILES string of the molecule is O=C(NCCSCCCO)Nc1cccc2cnccc12. The van der Waals surface area contributed by atoms with E-state index in [1.54, 1.807) is 24.2 Å². The molecule has 1 aromatic heterocycles. The molecule has 0 aliphatic carbocycles. The van der Waals surface area contributed by atoms with E-state index in [0.717, 1.165) is 34.4 Å². The van der Waals surface area contributed by atoms with Gasteiger partial charge in [0.25, 0.3) is 0 Å². The van der Waals surface area contributed by atoms with E-state index in [1.807, 2.05) is 24.3 Å². The fraction of sp³-hybridized carbons (Fsp3) is 0.333. The Morgan fingerprint density at radius 2 is 2.19 bits per heavy atom. The molecule has 2 rings (SSSR count). The number of anilines is 1. The molecular weight excluding hydrogens is 286 g/mol. The first kappa shape index (κ1) is 15.6. The zero-order valence-electron chi connectivity index (χ0n) is 11.7. The van der Waals surface area contributed by atoms with Crippen LogP contribution in [0.4, 0.5) is 10.5 Å². The van der Waals surface area contributed by atoms with Crippen molar-refractivity contribution in [3.63, 3.8) is 0 Å². The minimum Gasteiger partial charge on any atom is -0.396 e. The largest absolute Gasteiger partial charge is 0.396 e. The fourth-order valence-electron chi connectivity index (χ4n) is 1.90. The van der Waals surface area contributed by atoms with Crippen molar-refractivity contribution in [3.8, 4) is 0 Å². The molecule has 1 aromatic carbocycles. The number of carbonyl (C=O) groups is 1. The van der Waals surface area contributed by atoms with Crippen molar-refractivity contribution in [2.75, 3.05) is 30.0 Å². The molecule has 0 spiro atoms. The summed E-state index contributed by atoms with van der Waals surface area (Å²) in [6.45, 7) is 0.825. The molecule has 0 unspecified atom stereocenters. The molecule has 0 radical (unpaired) electrons. The lowest BCUT2D eigenvalue weighted by molar-refractivity contribution is 0.252. The number of hydrogen-bond donors (Lipinski definition) is 3. The van der Waals surface area contributed by atoms with Crippen LogP contribution in [-0.4, -0.2) is 40.8 Å². The molecule has 6 heteroatoms. The summed E-state index contributed by atoms with van der Waals surface area (Å²) in [7, 11) is 0. The van der Waals surface area contributed by atoms with Gasteiger partial charge < -0.3 is 15.7 Å². The standard InChI is InChI=1S/C15H19N3O2S/c19-8-2-9-21-10-7-17-15(20)18-14-4-1-3-12-11-16-6-5-13(12)14/h1,3-6,11,19H,2,7-10H2,(H2,17,18,20). The number of aliphatic hydroxyl groups is 1. The Balaban J connectivity index is 1.82. The zero-order valence-corrected chi connectivity index (χ0v) is 12.5. The Morgan fingerprint density at radius 3 is 3.05 bits per heavy atom. The summed E-state index contributed by atoms with van der Waals surface area (Å²) >= 11 is 1.72. The topological polar surface area (TPSA) is 74.2 Å². The molecule has 1 heterocycles. The van der Waals surface area contributed by atoms with E-state index >= 15 is 0 Å². The molecule has 0 atom stereocenters. The summed E-state index contributed by atoms with van der Waals surface area (Å²) in [4.78, 5) is 15.9. The molecule has 0 fully saturated rings. The lowest BCUT2D eigenvalue weighted by Gasteiger charge is -2.09. The van der Waals surface area contributed by atoms with Gasteiger partial charge in [-0.05, 0) is 24.3 Å². The van der Waals surface area contributed by atoms with Crippen molar-refractivity contribution in [1.82, 2.24) is 10.3 Å². The molecule has 2 aromatic rings. The van der Waals surface area contributed by atoms with Crippen molar-refractivity contribution in [1.29, 1.82) is 0 Å². The van der Waals surface area contributed by atoms with Gasteiger partial charge in [0.1, 0.15) is 0 Å². The van der Waals surface area contributed by atoms with E-state index in [2.05, 4.69) is 15.6 Å². The van der Waals surface area contributed by atoms with Crippen LogP contribution in [0, 0.1) is 0 Å². The predicted octanol–water partition coefficient (Wildman–Crippen LogP) is 2.47. The highest BCUT2D eigenvalue weighted by Crippen LogP contribution is 2.21. The van der Waals surface area contributed by atoms with E-state index in [9.17, 15) is 4.79 Å². The average Bonchev–Trinajstić information content (AvgIpc) is 2.51. The summed E-state index contributed by atoms with van der Waals surface area (Å²) in [6.07, 6.45) is 4.28. The Bertz CT molecular complexity index is 587. The molecule has 0 saturated carbocycles. The predicted molar refractivity (Wildman–Crippen MR) is 87.8 cm³/mol. The second-order valence-corrected chi connectivity index (χ2v) is 5.70. The molecule has 0 bridgehead atoms. The second kappa shape index (κ2) is 8.49. The Labute approximate surface area is 128 Å². The van der Waals surface area contributed by atoms with Crippen molar-refractivity contribution >= 4 is 34.3 Å². The minimum absolute atomic E-state index is 0.206. The third-order valence-electron chi connectivity index (χ3n) is 2.91. The number of carbonyl (C=O) groups excluding carboxylic acids is 1. The van der Waals surface area contributed by atoms with Crippen LogP contribution in [0.25, 0.3) is 10.8 Å². The molecule has 2 amide bonds. The second-order valence-electron chi connectivity index (χ2n) is 4.47. The van der Waals surface area contributed by atoms with Crippen LogP contribution in [0.5, 0.6) is 0 Å². The van der Waals surface area contributed by atoms with Gasteiger partial charge in [0.2, 0.25) is 0 Å². The van der Waals surface area contributed by atoms with Crippen LogP contribution >= 0.6 is 11.8 Å².